The molecule has 3 heteroatoms. The van der Waals surface area contributed by atoms with Gasteiger partial charge >= 0.3 is 5.97 Å². The minimum Gasteiger partial charge on any atom is -0.486 e. The fourth-order valence-corrected chi connectivity index (χ4v) is 3.33. The van der Waals surface area contributed by atoms with Crippen molar-refractivity contribution in [1.29, 1.82) is 0 Å². The highest BCUT2D eigenvalue weighted by Crippen LogP contribution is 2.53. The van der Waals surface area contributed by atoms with E-state index in [4.69, 9.17) is 9.84 Å². The second kappa shape index (κ2) is 3.76. The zero-order chi connectivity index (χ0) is 11.9. The number of hydrogen-bond acceptors (Lipinski definition) is 2. The van der Waals surface area contributed by atoms with Crippen LogP contribution < -0.4 is 4.74 Å². The molecule has 3 rings (SSSR count). The fraction of sp³-hybridized carbons (Fsp3) is 0.500. The number of hydrogen-bond donors (Lipinski definition) is 1. The quantitative estimate of drug-likeness (QED) is 0.852. The van der Waals surface area contributed by atoms with E-state index >= 15 is 0 Å². The summed E-state index contributed by atoms with van der Waals surface area (Å²) in [6, 6.07) is 7.88. The van der Waals surface area contributed by atoms with Crippen LogP contribution in [0.4, 0.5) is 0 Å². The van der Waals surface area contributed by atoms with Crippen LogP contribution >= 0.6 is 0 Å². The number of carbonyl (C=O) groups is 1. The van der Waals surface area contributed by atoms with Gasteiger partial charge in [0, 0.05) is 11.5 Å². The summed E-state index contributed by atoms with van der Waals surface area (Å²) in [5.41, 5.74) is 0.846. The fourth-order valence-electron chi connectivity index (χ4n) is 3.33. The van der Waals surface area contributed by atoms with Gasteiger partial charge in [-0.1, -0.05) is 18.2 Å². The molecular formula is C14H16O3. The Morgan fingerprint density at radius 1 is 1.35 bits per heavy atom. The van der Waals surface area contributed by atoms with Crippen molar-refractivity contribution < 1.29 is 14.6 Å². The van der Waals surface area contributed by atoms with Crippen molar-refractivity contribution in [2.75, 3.05) is 0 Å². The summed E-state index contributed by atoms with van der Waals surface area (Å²) >= 11 is 0. The highest BCUT2D eigenvalue weighted by Gasteiger charge is 2.50. The maximum absolute atomic E-state index is 11.0. The molecule has 1 saturated carbocycles. The second-order valence-corrected chi connectivity index (χ2v) is 5.06. The number of para-hydroxylation sites is 1. The van der Waals surface area contributed by atoms with Gasteiger partial charge in [0.2, 0.25) is 0 Å². The van der Waals surface area contributed by atoms with Crippen LogP contribution in [0.3, 0.4) is 0 Å². The smallest absolute Gasteiger partial charge is 0.304 e. The van der Waals surface area contributed by atoms with Crippen LogP contribution in [0.15, 0.2) is 24.3 Å². The number of ether oxygens (including phenoxy) is 1. The lowest BCUT2D eigenvalue weighted by Gasteiger charge is -2.29. The average Bonchev–Trinajstić information content (AvgIpc) is 2.87. The molecule has 1 spiro atoms. The molecule has 1 aromatic rings. The Labute approximate surface area is 100 Å². The van der Waals surface area contributed by atoms with Crippen LogP contribution in [0.1, 0.15) is 43.6 Å². The summed E-state index contributed by atoms with van der Waals surface area (Å²) < 4.78 is 6.11. The van der Waals surface area contributed by atoms with Crippen molar-refractivity contribution in [2.24, 2.45) is 0 Å². The molecule has 1 heterocycles. The van der Waals surface area contributed by atoms with E-state index in [1.54, 1.807) is 0 Å². The third-order valence-electron chi connectivity index (χ3n) is 4.07. The predicted molar refractivity (Wildman–Crippen MR) is 63.3 cm³/mol. The molecule has 3 nitrogen and oxygen atoms in total. The molecule has 1 aliphatic heterocycles. The molecule has 0 radical (unpaired) electrons. The first-order valence-electron chi connectivity index (χ1n) is 6.21. The summed E-state index contributed by atoms with van der Waals surface area (Å²) in [6.07, 6.45) is 4.44. The molecule has 1 aliphatic carbocycles. The van der Waals surface area contributed by atoms with Gasteiger partial charge in [0.05, 0.1) is 6.42 Å². The van der Waals surface area contributed by atoms with Gasteiger partial charge in [0.25, 0.3) is 0 Å². The Kier molecular flexibility index (Phi) is 2.35. The lowest BCUT2D eigenvalue weighted by Crippen LogP contribution is -2.35. The third kappa shape index (κ3) is 1.61. The van der Waals surface area contributed by atoms with E-state index in [0.717, 1.165) is 37.0 Å². The molecule has 0 amide bonds. The molecule has 1 N–H and O–H groups in total. The minimum atomic E-state index is -0.735. The van der Waals surface area contributed by atoms with Gasteiger partial charge in [-0.15, -0.1) is 0 Å². The lowest BCUT2D eigenvalue weighted by molar-refractivity contribution is -0.138. The van der Waals surface area contributed by atoms with Crippen molar-refractivity contribution in [3.8, 4) is 5.75 Å². The normalized spacial score (nSPS) is 24.6. The predicted octanol–water partition coefficient (Wildman–Crippen LogP) is 2.95. The van der Waals surface area contributed by atoms with Crippen LogP contribution in [0, 0.1) is 0 Å². The Balaban J connectivity index is 2.01. The van der Waals surface area contributed by atoms with Gasteiger partial charge in [-0.3, -0.25) is 4.79 Å². The van der Waals surface area contributed by atoms with Crippen LogP contribution in [-0.2, 0) is 4.79 Å². The van der Waals surface area contributed by atoms with E-state index in [2.05, 4.69) is 0 Å². The average molecular weight is 232 g/mol. The number of aliphatic carboxylic acids is 1. The van der Waals surface area contributed by atoms with Crippen molar-refractivity contribution >= 4 is 5.97 Å². The van der Waals surface area contributed by atoms with Crippen molar-refractivity contribution in [3.05, 3.63) is 29.8 Å². The Bertz CT molecular complexity index is 447. The van der Waals surface area contributed by atoms with Crippen molar-refractivity contribution in [1.82, 2.24) is 0 Å². The number of benzene rings is 1. The first kappa shape index (κ1) is 10.6. The zero-order valence-electron chi connectivity index (χ0n) is 9.69. The molecule has 17 heavy (non-hydrogen) atoms. The first-order valence-corrected chi connectivity index (χ1v) is 6.21. The van der Waals surface area contributed by atoms with E-state index in [-0.39, 0.29) is 17.9 Å². The summed E-state index contributed by atoms with van der Waals surface area (Å²) in [5, 5.41) is 9.09. The van der Waals surface area contributed by atoms with Crippen LogP contribution in [-0.4, -0.2) is 16.7 Å². The molecule has 0 bridgehead atoms. The molecule has 1 fully saturated rings. The first-order chi connectivity index (χ1) is 8.21. The summed E-state index contributed by atoms with van der Waals surface area (Å²) in [5.74, 6) is 0.181. The molecule has 2 aliphatic rings. The zero-order valence-corrected chi connectivity index (χ0v) is 9.69. The number of carboxylic acid groups (broad SMARTS) is 1. The Morgan fingerprint density at radius 3 is 2.76 bits per heavy atom. The van der Waals surface area contributed by atoms with Crippen molar-refractivity contribution in [2.45, 2.75) is 43.6 Å². The molecule has 0 aromatic heterocycles. The summed E-state index contributed by atoms with van der Waals surface area (Å²) in [4.78, 5) is 11.0. The van der Waals surface area contributed by atoms with Gasteiger partial charge in [0.1, 0.15) is 11.4 Å². The summed E-state index contributed by atoms with van der Waals surface area (Å²) in [7, 11) is 0. The number of rotatable bonds is 2. The van der Waals surface area contributed by atoms with Crippen LogP contribution in [0.5, 0.6) is 5.75 Å². The highest BCUT2D eigenvalue weighted by atomic mass is 16.5. The van der Waals surface area contributed by atoms with E-state index in [0.29, 0.717) is 0 Å². The van der Waals surface area contributed by atoms with E-state index in [9.17, 15) is 4.79 Å². The molecule has 1 aromatic carbocycles. The maximum atomic E-state index is 11.0. The Morgan fingerprint density at radius 2 is 2.06 bits per heavy atom. The third-order valence-corrected chi connectivity index (χ3v) is 4.07. The molecule has 1 atom stereocenters. The van der Waals surface area contributed by atoms with Gasteiger partial charge in [-0.2, -0.15) is 0 Å². The van der Waals surface area contributed by atoms with Gasteiger partial charge in [0.15, 0.2) is 0 Å². The van der Waals surface area contributed by atoms with E-state index < -0.39 is 5.97 Å². The molecule has 0 saturated heterocycles. The number of fused-ring (bicyclic) bond motifs is 1. The highest BCUT2D eigenvalue weighted by molar-refractivity contribution is 5.69. The topological polar surface area (TPSA) is 46.5 Å². The van der Waals surface area contributed by atoms with Crippen LogP contribution in [0.2, 0.25) is 0 Å². The summed E-state index contributed by atoms with van der Waals surface area (Å²) in [6.45, 7) is 0. The number of carboxylic acids is 1. The molecule has 90 valence electrons. The SMILES string of the molecule is O=C(O)CC1c2ccccc2OC12CCCC2. The van der Waals surface area contributed by atoms with Gasteiger partial charge in [-0.05, 0) is 31.7 Å². The van der Waals surface area contributed by atoms with E-state index in [1.807, 2.05) is 24.3 Å². The van der Waals surface area contributed by atoms with Gasteiger partial charge < -0.3 is 9.84 Å². The van der Waals surface area contributed by atoms with Crippen LogP contribution in [0.25, 0.3) is 0 Å². The monoisotopic (exact) mass is 232 g/mol. The largest absolute Gasteiger partial charge is 0.486 e. The standard InChI is InChI=1S/C14H16O3/c15-13(16)9-11-10-5-1-2-6-12(10)17-14(11)7-3-4-8-14/h1-2,5-6,11H,3-4,7-9H2,(H,15,16). The van der Waals surface area contributed by atoms with E-state index in [1.165, 1.54) is 0 Å². The molecular weight excluding hydrogens is 216 g/mol. The van der Waals surface area contributed by atoms with Crippen molar-refractivity contribution in [3.63, 3.8) is 0 Å². The minimum absolute atomic E-state index is 0.0266. The Hall–Kier alpha value is -1.51. The lowest BCUT2D eigenvalue weighted by atomic mass is 9.81. The van der Waals surface area contributed by atoms with Gasteiger partial charge in [-0.25, -0.2) is 0 Å². The maximum Gasteiger partial charge on any atom is 0.304 e. The second-order valence-electron chi connectivity index (χ2n) is 5.06. The molecule has 1 unspecified atom stereocenters.